The molecule has 0 aliphatic carbocycles. The number of hydrogen-bond donors (Lipinski definition) is 4. The van der Waals surface area contributed by atoms with Gasteiger partial charge in [-0.15, -0.1) is 0 Å². The van der Waals surface area contributed by atoms with Gasteiger partial charge in [0.1, 0.15) is 28.5 Å². The standard InChI is InChI=1S/C46H55N11O7/c1-5-29-23-49-26(3)17-33(29)44(60)52-43-32-9-7-8-11-56-40-35(51-46(56)53-45(61)36-18-27(4)54-57(36)6-2)20-31(42(48)59)22-38(40)64-25-28(10-12-55-13-15-62-16-14-55)24-63-37-21-30(41(47)58)19-34(50-43)39(32)37/h7-8,17-22,28-29,32H,5-6,9-16,23-25H2,1-4H3,(H2,47,58)(H2,48,59)(H,50,52,60)(H,51,53,61)/b8-7+. The van der Waals surface area contributed by atoms with Gasteiger partial charge >= 0.3 is 0 Å². The fourth-order valence-corrected chi connectivity index (χ4v) is 8.66. The molecule has 4 aliphatic rings. The molecular formula is C46H55N11O7. The Morgan fingerprint density at radius 2 is 1.62 bits per heavy atom. The van der Waals surface area contributed by atoms with Crippen LogP contribution in [0.25, 0.3) is 11.0 Å². The second kappa shape index (κ2) is 19.0. The molecule has 0 spiro atoms. The molecule has 4 aromatic rings. The molecule has 3 unspecified atom stereocenters. The minimum absolute atomic E-state index is 0.0481. The van der Waals surface area contributed by atoms with Crippen LogP contribution in [0.15, 0.2) is 64.1 Å². The summed E-state index contributed by atoms with van der Waals surface area (Å²) in [5.41, 5.74) is 16.7. The van der Waals surface area contributed by atoms with Gasteiger partial charge in [-0.25, -0.2) is 9.98 Å². The number of hydrogen-bond acceptors (Lipinski definition) is 12. The van der Waals surface area contributed by atoms with Gasteiger partial charge in [0.05, 0.1) is 49.2 Å². The number of anilines is 1. The number of rotatable bonds is 10. The smallest absolute Gasteiger partial charge is 0.276 e. The number of aromatic nitrogens is 4. The van der Waals surface area contributed by atoms with Crippen molar-refractivity contribution in [1.82, 2.24) is 29.5 Å². The van der Waals surface area contributed by atoms with Gasteiger partial charge in [-0.3, -0.25) is 39.1 Å². The highest BCUT2D eigenvalue weighted by Gasteiger charge is 2.35. The topological polar surface area (TPSA) is 236 Å². The first-order valence-corrected chi connectivity index (χ1v) is 21.9. The monoisotopic (exact) mass is 873 g/mol. The van der Waals surface area contributed by atoms with E-state index < -0.39 is 23.6 Å². The normalized spacial score (nSPS) is 20.6. The number of allylic oxidation sites excluding steroid dienone is 3. The second-order valence-electron chi connectivity index (χ2n) is 16.6. The highest BCUT2D eigenvalue weighted by molar-refractivity contribution is 6.14. The molecule has 336 valence electrons. The van der Waals surface area contributed by atoms with Gasteiger partial charge in [0.15, 0.2) is 0 Å². The highest BCUT2D eigenvalue weighted by Crippen LogP contribution is 2.45. The molecule has 3 atom stereocenters. The second-order valence-corrected chi connectivity index (χ2v) is 16.6. The Balaban J connectivity index is 1.21. The first-order valence-electron chi connectivity index (χ1n) is 21.9. The van der Waals surface area contributed by atoms with E-state index in [4.69, 9.17) is 35.7 Å². The van der Waals surface area contributed by atoms with Gasteiger partial charge in [0, 0.05) is 72.5 Å². The SMILES string of the molecule is CCC1CN=C(C)C=C1C(=O)NC1=Nc2cc(C(N)=O)cc3c2C1C/C=C/Cn1c(NC(=O)c2cc(C)nn2CC)nc2cc(C(N)=O)cc(c21)OCC(CCN1CCOCC1)CO3. The molecule has 0 radical (unpaired) electrons. The molecule has 6 heterocycles. The molecule has 1 saturated heterocycles. The largest absolute Gasteiger partial charge is 0.493 e. The number of amides is 4. The van der Waals surface area contributed by atoms with Gasteiger partial charge in [-0.05, 0) is 83.0 Å². The van der Waals surface area contributed by atoms with Crippen molar-refractivity contribution in [3.8, 4) is 11.5 Å². The van der Waals surface area contributed by atoms with Crippen molar-refractivity contribution in [1.29, 1.82) is 0 Å². The summed E-state index contributed by atoms with van der Waals surface area (Å²) < 4.78 is 22.4. The summed E-state index contributed by atoms with van der Waals surface area (Å²) in [6.07, 6.45) is 7.50. The van der Waals surface area contributed by atoms with Crippen molar-refractivity contribution in [2.45, 2.75) is 66.0 Å². The van der Waals surface area contributed by atoms with E-state index in [0.717, 1.165) is 31.8 Å². The third-order valence-corrected chi connectivity index (χ3v) is 12.2. The minimum atomic E-state index is -0.664. The van der Waals surface area contributed by atoms with Crippen LogP contribution in [0.4, 0.5) is 11.6 Å². The van der Waals surface area contributed by atoms with Crippen LogP contribution < -0.4 is 31.6 Å². The Kier molecular flexibility index (Phi) is 13.0. The van der Waals surface area contributed by atoms with Crippen molar-refractivity contribution in [2.24, 2.45) is 33.3 Å². The van der Waals surface area contributed by atoms with E-state index in [-0.39, 0.29) is 54.6 Å². The number of carbonyl (C=O) groups excluding carboxylic acids is 4. The summed E-state index contributed by atoms with van der Waals surface area (Å²) in [6, 6.07) is 8.18. The van der Waals surface area contributed by atoms with Crippen LogP contribution >= 0.6 is 0 Å². The Bertz CT molecular complexity index is 2620. The molecule has 64 heavy (non-hydrogen) atoms. The van der Waals surface area contributed by atoms with Crippen LogP contribution in [0.1, 0.15) is 88.4 Å². The Hall–Kier alpha value is -6.66. The number of ether oxygens (including phenoxy) is 3. The van der Waals surface area contributed by atoms with E-state index in [1.54, 1.807) is 35.0 Å². The maximum atomic E-state index is 14.1. The van der Waals surface area contributed by atoms with Crippen LogP contribution in [-0.2, 0) is 22.6 Å². The maximum absolute atomic E-state index is 14.1. The first-order chi connectivity index (χ1) is 30.9. The molecule has 18 heteroatoms. The number of nitrogens with two attached hydrogens (primary N) is 2. The lowest BCUT2D eigenvalue weighted by molar-refractivity contribution is -0.116. The van der Waals surface area contributed by atoms with E-state index >= 15 is 0 Å². The van der Waals surface area contributed by atoms with Crippen LogP contribution in [0.5, 0.6) is 11.5 Å². The zero-order valence-corrected chi connectivity index (χ0v) is 36.7. The predicted octanol–water partition coefficient (Wildman–Crippen LogP) is 4.44. The van der Waals surface area contributed by atoms with E-state index in [1.165, 1.54) is 0 Å². The Labute approximate surface area is 370 Å². The number of nitrogens with one attached hydrogen (secondary N) is 2. The molecule has 6 N–H and O–H groups in total. The predicted molar refractivity (Wildman–Crippen MR) is 242 cm³/mol. The summed E-state index contributed by atoms with van der Waals surface area (Å²) in [7, 11) is 0. The highest BCUT2D eigenvalue weighted by atomic mass is 16.5. The van der Waals surface area contributed by atoms with Crippen LogP contribution in [0, 0.1) is 18.8 Å². The molecule has 2 aromatic heterocycles. The minimum Gasteiger partial charge on any atom is -0.493 e. The van der Waals surface area contributed by atoms with Gasteiger partial charge < -0.3 is 35.6 Å². The number of morpholine rings is 1. The molecule has 4 aliphatic heterocycles. The maximum Gasteiger partial charge on any atom is 0.276 e. The lowest BCUT2D eigenvalue weighted by atomic mass is 9.91. The third-order valence-electron chi connectivity index (χ3n) is 12.2. The summed E-state index contributed by atoms with van der Waals surface area (Å²) in [6.45, 7) is 12.8. The number of carbonyl (C=O) groups is 4. The molecule has 0 bridgehead atoms. The lowest BCUT2D eigenvalue weighted by Gasteiger charge is -2.28. The summed E-state index contributed by atoms with van der Waals surface area (Å²) in [5, 5.41) is 10.6. The Morgan fingerprint density at radius 3 is 2.36 bits per heavy atom. The average Bonchev–Trinajstić information content (AvgIpc) is 3.96. The van der Waals surface area contributed by atoms with Gasteiger partial charge in [-0.1, -0.05) is 19.1 Å². The molecule has 0 saturated carbocycles. The van der Waals surface area contributed by atoms with Crippen LogP contribution in [-0.4, -0.2) is 112 Å². The number of imidazole rings is 1. The molecule has 1 fully saturated rings. The number of aryl methyl sites for hydroxylation is 2. The molecule has 4 amide bonds. The van der Waals surface area contributed by atoms with Gasteiger partial charge in [0.25, 0.3) is 11.8 Å². The quantitative estimate of drug-likeness (QED) is 0.164. The van der Waals surface area contributed by atoms with Crippen LogP contribution in [0.3, 0.4) is 0 Å². The van der Waals surface area contributed by atoms with E-state index in [2.05, 4.69) is 25.6 Å². The van der Waals surface area contributed by atoms with E-state index in [9.17, 15) is 19.2 Å². The molecule has 2 aromatic carbocycles. The number of primary amides is 2. The van der Waals surface area contributed by atoms with Crippen molar-refractivity contribution < 1.29 is 33.4 Å². The van der Waals surface area contributed by atoms with E-state index in [1.807, 2.05) is 50.5 Å². The van der Waals surface area contributed by atoms with Crippen molar-refractivity contribution >= 4 is 57.8 Å². The number of aliphatic imine (C=N–C) groups is 2. The fraction of sp³-hybridized carbons (Fsp3) is 0.435. The first kappa shape index (κ1) is 44.0. The van der Waals surface area contributed by atoms with Crippen molar-refractivity contribution in [3.05, 3.63) is 82.2 Å². The summed E-state index contributed by atoms with van der Waals surface area (Å²) in [5.74, 6) is -1.31. The lowest BCUT2D eigenvalue weighted by Crippen LogP contribution is -2.38. The average molecular weight is 874 g/mol. The molecule has 8 rings (SSSR count). The van der Waals surface area contributed by atoms with E-state index in [0.29, 0.717) is 95.7 Å². The van der Waals surface area contributed by atoms with Gasteiger partial charge in [0.2, 0.25) is 17.8 Å². The van der Waals surface area contributed by atoms with Crippen molar-refractivity contribution in [2.75, 3.05) is 57.9 Å². The number of nitrogens with zero attached hydrogens (tertiary/aromatic N) is 7. The molecular weight excluding hydrogens is 819 g/mol. The molecule has 18 nitrogen and oxygen atoms in total. The number of amidine groups is 1. The van der Waals surface area contributed by atoms with Crippen molar-refractivity contribution in [3.63, 3.8) is 0 Å². The zero-order chi connectivity index (χ0) is 45.1. The third kappa shape index (κ3) is 9.33. The summed E-state index contributed by atoms with van der Waals surface area (Å²) in [4.78, 5) is 70.1. The number of benzene rings is 2. The van der Waals surface area contributed by atoms with Gasteiger partial charge in [-0.2, -0.15) is 5.10 Å². The number of dihydropyridines is 1. The Morgan fingerprint density at radius 1 is 0.891 bits per heavy atom. The zero-order valence-electron chi connectivity index (χ0n) is 36.7. The summed E-state index contributed by atoms with van der Waals surface area (Å²) >= 11 is 0. The fourth-order valence-electron chi connectivity index (χ4n) is 8.66. The van der Waals surface area contributed by atoms with Crippen LogP contribution in [0.2, 0.25) is 0 Å².